The van der Waals surface area contributed by atoms with Crippen molar-refractivity contribution in [3.8, 4) is 0 Å². The van der Waals surface area contributed by atoms with Gasteiger partial charge in [0.15, 0.2) is 0 Å². The fraction of sp³-hybridized carbons (Fsp3) is 0.400. The zero-order valence-electron chi connectivity index (χ0n) is 11.0. The molecule has 1 saturated carbocycles. The number of methoxy groups -OCH3 is 1. The molecule has 2 rings (SSSR count). The van der Waals surface area contributed by atoms with Crippen LogP contribution < -0.4 is 0 Å². The third kappa shape index (κ3) is 2.63. The second-order valence-electron chi connectivity index (χ2n) is 4.84. The van der Waals surface area contributed by atoms with Crippen molar-refractivity contribution < 1.29 is 19.4 Å². The van der Waals surface area contributed by atoms with Crippen LogP contribution in [0.25, 0.3) is 0 Å². The quantitative estimate of drug-likeness (QED) is 0.801. The van der Waals surface area contributed by atoms with Crippen LogP contribution in [-0.4, -0.2) is 24.3 Å². The molecule has 0 bridgehead atoms. The number of carboxylic acids is 1. The topological polar surface area (TPSA) is 55.8 Å². The molecule has 0 unspecified atom stereocenters. The van der Waals surface area contributed by atoms with Crippen LogP contribution in [0, 0.1) is 5.41 Å². The minimum atomic E-state index is -0.976. The van der Waals surface area contributed by atoms with Crippen molar-refractivity contribution in [1.29, 1.82) is 0 Å². The van der Waals surface area contributed by atoms with E-state index in [0.717, 1.165) is 5.56 Å². The minimum Gasteiger partial charge on any atom is -0.501 e. The predicted molar refractivity (Wildman–Crippen MR) is 70.5 cm³/mol. The van der Waals surface area contributed by atoms with Gasteiger partial charge in [-0.25, -0.2) is 0 Å². The molecule has 1 aromatic carbocycles. The highest BCUT2D eigenvalue weighted by Crippen LogP contribution is 2.48. The van der Waals surface area contributed by atoms with Gasteiger partial charge in [-0.2, -0.15) is 0 Å². The molecule has 0 aliphatic heterocycles. The van der Waals surface area contributed by atoms with Crippen molar-refractivity contribution >= 4 is 5.97 Å². The lowest BCUT2D eigenvalue weighted by Gasteiger charge is -2.44. The van der Waals surface area contributed by atoms with Crippen molar-refractivity contribution in [2.24, 2.45) is 5.41 Å². The van der Waals surface area contributed by atoms with Gasteiger partial charge in [0.2, 0.25) is 0 Å². The molecule has 0 aromatic heterocycles. The number of carboxylic acid groups (broad SMARTS) is 1. The molecule has 102 valence electrons. The Hall–Kier alpha value is -1.81. The Labute approximate surface area is 112 Å². The summed E-state index contributed by atoms with van der Waals surface area (Å²) in [6.45, 7) is 4.18. The first-order valence-electron chi connectivity index (χ1n) is 6.21. The van der Waals surface area contributed by atoms with Gasteiger partial charge in [-0.1, -0.05) is 36.9 Å². The Morgan fingerprint density at radius 3 is 2.58 bits per heavy atom. The van der Waals surface area contributed by atoms with Crippen LogP contribution in [0.4, 0.5) is 0 Å². The minimum absolute atomic E-state index is 0.0526. The van der Waals surface area contributed by atoms with Gasteiger partial charge in [0.05, 0.1) is 19.8 Å². The molecule has 1 aliphatic carbocycles. The molecular formula is C15H18O4. The second kappa shape index (κ2) is 5.45. The average molecular weight is 262 g/mol. The summed E-state index contributed by atoms with van der Waals surface area (Å²) in [7, 11) is 1.45. The van der Waals surface area contributed by atoms with E-state index in [1.807, 2.05) is 30.3 Å². The lowest BCUT2D eigenvalue weighted by Crippen LogP contribution is -2.49. The van der Waals surface area contributed by atoms with E-state index in [1.54, 1.807) is 0 Å². The number of benzene rings is 1. The van der Waals surface area contributed by atoms with E-state index in [-0.39, 0.29) is 6.10 Å². The van der Waals surface area contributed by atoms with E-state index < -0.39 is 11.4 Å². The molecule has 1 fully saturated rings. The summed E-state index contributed by atoms with van der Waals surface area (Å²) in [6, 6.07) is 9.82. The highest BCUT2D eigenvalue weighted by molar-refractivity contribution is 5.79. The fourth-order valence-electron chi connectivity index (χ4n) is 2.34. The highest BCUT2D eigenvalue weighted by Gasteiger charge is 2.54. The Morgan fingerprint density at radius 1 is 1.42 bits per heavy atom. The molecule has 0 heterocycles. The number of hydrogen-bond donors (Lipinski definition) is 1. The molecule has 4 nitrogen and oxygen atoms in total. The molecule has 19 heavy (non-hydrogen) atoms. The SMILES string of the molecule is C=C(OC)C1(C(=O)O)CC(OCc2ccccc2)C1. The maximum atomic E-state index is 11.3. The molecule has 1 aliphatic rings. The van der Waals surface area contributed by atoms with Crippen LogP contribution in [0.2, 0.25) is 0 Å². The van der Waals surface area contributed by atoms with Crippen LogP contribution in [0.5, 0.6) is 0 Å². The molecule has 0 radical (unpaired) electrons. The van der Waals surface area contributed by atoms with E-state index in [1.165, 1.54) is 7.11 Å². The number of rotatable bonds is 6. The molecular weight excluding hydrogens is 244 g/mol. The molecule has 0 amide bonds. The largest absolute Gasteiger partial charge is 0.501 e. The molecule has 1 N–H and O–H groups in total. The van der Waals surface area contributed by atoms with Crippen molar-refractivity contribution in [1.82, 2.24) is 0 Å². The monoisotopic (exact) mass is 262 g/mol. The van der Waals surface area contributed by atoms with Crippen LogP contribution in [0.15, 0.2) is 42.7 Å². The highest BCUT2D eigenvalue weighted by atomic mass is 16.5. The Kier molecular flexibility index (Phi) is 3.90. The second-order valence-corrected chi connectivity index (χ2v) is 4.84. The summed E-state index contributed by atoms with van der Waals surface area (Å²) >= 11 is 0. The van der Waals surface area contributed by atoms with Crippen molar-refractivity contribution in [3.05, 3.63) is 48.2 Å². The standard InChI is InChI=1S/C15H18O4/c1-11(18-2)15(14(16)17)8-13(9-15)19-10-12-6-4-3-5-7-12/h3-7,13H,1,8-10H2,2H3,(H,16,17). The van der Waals surface area contributed by atoms with Crippen LogP contribution in [0.1, 0.15) is 18.4 Å². The molecule has 4 heteroatoms. The summed E-state index contributed by atoms with van der Waals surface area (Å²) < 4.78 is 10.7. The van der Waals surface area contributed by atoms with E-state index in [4.69, 9.17) is 9.47 Å². The van der Waals surface area contributed by atoms with Crippen LogP contribution >= 0.6 is 0 Å². The first-order valence-corrected chi connectivity index (χ1v) is 6.21. The number of aliphatic carboxylic acids is 1. The van der Waals surface area contributed by atoms with Gasteiger partial charge < -0.3 is 14.6 Å². The van der Waals surface area contributed by atoms with E-state index in [2.05, 4.69) is 6.58 Å². The number of carbonyl (C=O) groups is 1. The average Bonchev–Trinajstić information content (AvgIpc) is 2.37. The summed E-state index contributed by atoms with van der Waals surface area (Å²) in [5.74, 6) is -0.585. The van der Waals surface area contributed by atoms with Crippen molar-refractivity contribution in [3.63, 3.8) is 0 Å². The predicted octanol–water partition coefficient (Wildman–Crippen LogP) is 2.60. The number of ether oxygens (including phenoxy) is 2. The third-order valence-corrected chi connectivity index (χ3v) is 3.67. The van der Waals surface area contributed by atoms with Crippen molar-refractivity contribution in [2.75, 3.05) is 7.11 Å². The Bertz CT molecular complexity index is 460. The third-order valence-electron chi connectivity index (χ3n) is 3.67. The zero-order chi connectivity index (χ0) is 13.9. The molecule has 1 aromatic rings. The van der Waals surface area contributed by atoms with Gasteiger partial charge in [0, 0.05) is 0 Å². The Morgan fingerprint density at radius 2 is 2.05 bits per heavy atom. The van der Waals surface area contributed by atoms with Gasteiger partial charge in [-0.05, 0) is 18.4 Å². The maximum absolute atomic E-state index is 11.3. The summed E-state index contributed by atoms with van der Waals surface area (Å²) in [5.41, 5.74) is 0.108. The first-order chi connectivity index (χ1) is 9.08. The van der Waals surface area contributed by atoms with Crippen LogP contribution in [0.3, 0.4) is 0 Å². The van der Waals surface area contributed by atoms with Crippen molar-refractivity contribution in [2.45, 2.75) is 25.6 Å². The molecule has 0 atom stereocenters. The van der Waals surface area contributed by atoms with Gasteiger partial charge in [0.1, 0.15) is 11.2 Å². The Balaban J connectivity index is 1.88. The van der Waals surface area contributed by atoms with Gasteiger partial charge >= 0.3 is 5.97 Å². The first kappa shape index (κ1) is 13.6. The van der Waals surface area contributed by atoms with Gasteiger partial charge in [-0.15, -0.1) is 0 Å². The fourth-order valence-corrected chi connectivity index (χ4v) is 2.34. The smallest absolute Gasteiger partial charge is 0.317 e. The summed E-state index contributed by atoms with van der Waals surface area (Å²) in [6.07, 6.45) is 0.784. The summed E-state index contributed by atoms with van der Waals surface area (Å²) in [5, 5.41) is 9.29. The van der Waals surface area contributed by atoms with E-state index in [0.29, 0.717) is 25.2 Å². The van der Waals surface area contributed by atoms with Crippen LogP contribution in [-0.2, 0) is 20.9 Å². The van der Waals surface area contributed by atoms with E-state index >= 15 is 0 Å². The normalized spacial score (nSPS) is 25.4. The lowest BCUT2D eigenvalue weighted by atomic mass is 9.65. The van der Waals surface area contributed by atoms with Gasteiger partial charge in [0.25, 0.3) is 0 Å². The molecule has 0 saturated heterocycles. The number of hydrogen-bond acceptors (Lipinski definition) is 3. The lowest BCUT2D eigenvalue weighted by molar-refractivity contribution is -0.167. The van der Waals surface area contributed by atoms with Gasteiger partial charge in [-0.3, -0.25) is 4.79 Å². The van der Waals surface area contributed by atoms with E-state index in [9.17, 15) is 9.90 Å². The maximum Gasteiger partial charge on any atom is 0.317 e. The summed E-state index contributed by atoms with van der Waals surface area (Å²) in [4.78, 5) is 11.3. The molecule has 0 spiro atoms. The zero-order valence-corrected chi connectivity index (χ0v) is 11.0.